The molecule has 1 aromatic rings. The molecule has 20 heavy (non-hydrogen) atoms. The summed E-state index contributed by atoms with van der Waals surface area (Å²) in [6.07, 6.45) is 0. The molecule has 0 saturated carbocycles. The highest BCUT2D eigenvalue weighted by molar-refractivity contribution is 7.91. The SMILES string of the molecule is CCS(=O)(=O)CCNc1ccc(C(=O)O)c([N+](=O)[O-])c1. The van der Waals surface area contributed by atoms with Crippen molar-refractivity contribution in [3.05, 3.63) is 33.9 Å². The second kappa shape index (κ2) is 6.33. The largest absolute Gasteiger partial charge is 0.477 e. The first-order valence-corrected chi connectivity index (χ1v) is 7.55. The van der Waals surface area contributed by atoms with E-state index in [1.165, 1.54) is 13.0 Å². The lowest BCUT2D eigenvalue weighted by Crippen LogP contribution is -2.17. The number of benzene rings is 1. The van der Waals surface area contributed by atoms with Gasteiger partial charge < -0.3 is 10.4 Å². The van der Waals surface area contributed by atoms with Crippen LogP contribution in [0.3, 0.4) is 0 Å². The van der Waals surface area contributed by atoms with Crippen LogP contribution in [-0.4, -0.2) is 42.5 Å². The Morgan fingerprint density at radius 1 is 1.45 bits per heavy atom. The lowest BCUT2D eigenvalue weighted by atomic mass is 10.1. The fourth-order valence-corrected chi connectivity index (χ4v) is 2.17. The van der Waals surface area contributed by atoms with Gasteiger partial charge in [-0.2, -0.15) is 0 Å². The quantitative estimate of drug-likeness (QED) is 0.571. The number of rotatable bonds is 7. The van der Waals surface area contributed by atoms with E-state index >= 15 is 0 Å². The van der Waals surface area contributed by atoms with E-state index < -0.39 is 32.0 Å². The Labute approximate surface area is 115 Å². The van der Waals surface area contributed by atoms with Crippen LogP contribution in [-0.2, 0) is 9.84 Å². The van der Waals surface area contributed by atoms with Crippen molar-refractivity contribution in [2.24, 2.45) is 0 Å². The number of nitrogens with one attached hydrogen (secondary N) is 1. The van der Waals surface area contributed by atoms with Gasteiger partial charge in [0, 0.05) is 24.1 Å². The lowest BCUT2D eigenvalue weighted by Gasteiger charge is -2.07. The summed E-state index contributed by atoms with van der Waals surface area (Å²) in [5.41, 5.74) is -0.657. The summed E-state index contributed by atoms with van der Waals surface area (Å²) in [4.78, 5) is 20.8. The van der Waals surface area contributed by atoms with Crippen molar-refractivity contribution in [3.8, 4) is 0 Å². The summed E-state index contributed by atoms with van der Waals surface area (Å²) >= 11 is 0. The molecule has 2 N–H and O–H groups in total. The van der Waals surface area contributed by atoms with Crippen LogP contribution >= 0.6 is 0 Å². The molecule has 0 heterocycles. The zero-order chi connectivity index (χ0) is 15.3. The van der Waals surface area contributed by atoms with Gasteiger partial charge in [0.2, 0.25) is 0 Å². The summed E-state index contributed by atoms with van der Waals surface area (Å²) in [5.74, 6) is -1.47. The van der Waals surface area contributed by atoms with Crippen molar-refractivity contribution in [3.63, 3.8) is 0 Å². The van der Waals surface area contributed by atoms with E-state index in [1.54, 1.807) is 0 Å². The predicted molar refractivity (Wildman–Crippen MR) is 72.9 cm³/mol. The Balaban J connectivity index is 2.86. The van der Waals surface area contributed by atoms with Crippen LogP contribution < -0.4 is 5.32 Å². The molecule has 0 aliphatic heterocycles. The van der Waals surface area contributed by atoms with Gasteiger partial charge in [0.05, 0.1) is 10.7 Å². The van der Waals surface area contributed by atoms with Gasteiger partial charge in [0.15, 0.2) is 9.84 Å². The third-order valence-electron chi connectivity index (χ3n) is 2.61. The first-order chi connectivity index (χ1) is 9.26. The molecule has 1 aromatic carbocycles. The summed E-state index contributed by atoms with van der Waals surface area (Å²) in [7, 11) is -3.13. The zero-order valence-corrected chi connectivity index (χ0v) is 11.5. The molecule has 8 nitrogen and oxygen atoms in total. The average Bonchev–Trinajstić information content (AvgIpc) is 2.38. The Bertz CT molecular complexity index is 626. The summed E-state index contributed by atoms with van der Waals surface area (Å²) in [6.45, 7) is 1.63. The first-order valence-electron chi connectivity index (χ1n) is 5.73. The van der Waals surface area contributed by atoms with Gasteiger partial charge in [-0.05, 0) is 12.1 Å². The summed E-state index contributed by atoms with van der Waals surface area (Å²) < 4.78 is 22.6. The standard InChI is InChI=1S/C11H14N2O6S/c1-2-20(18,19)6-5-12-8-3-4-9(11(14)15)10(7-8)13(16)17/h3-4,7,12H,2,5-6H2,1H3,(H,14,15). The number of carbonyl (C=O) groups is 1. The number of hydrogen-bond acceptors (Lipinski definition) is 6. The van der Waals surface area contributed by atoms with Crippen molar-refractivity contribution >= 4 is 27.2 Å². The number of anilines is 1. The molecule has 0 aliphatic carbocycles. The Morgan fingerprint density at radius 2 is 2.10 bits per heavy atom. The molecule has 0 amide bonds. The molecule has 0 spiro atoms. The number of nitro benzene ring substituents is 1. The molecule has 0 radical (unpaired) electrons. The number of hydrogen-bond donors (Lipinski definition) is 2. The van der Waals surface area contributed by atoms with E-state index in [0.717, 1.165) is 12.1 Å². The monoisotopic (exact) mass is 302 g/mol. The third kappa shape index (κ3) is 4.19. The van der Waals surface area contributed by atoms with Gasteiger partial charge in [-0.15, -0.1) is 0 Å². The maximum absolute atomic E-state index is 11.3. The molecule has 1 rings (SSSR count). The Morgan fingerprint density at radius 3 is 2.60 bits per heavy atom. The average molecular weight is 302 g/mol. The van der Waals surface area contributed by atoms with Gasteiger partial charge in [-0.3, -0.25) is 10.1 Å². The fourth-order valence-electron chi connectivity index (χ4n) is 1.47. The molecule has 0 atom stereocenters. The van der Waals surface area contributed by atoms with Crippen LogP contribution in [0.1, 0.15) is 17.3 Å². The molecule has 0 bridgehead atoms. The minimum Gasteiger partial charge on any atom is -0.477 e. The number of nitro groups is 1. The molecule has 9 heteroatoms. The van der Waals surface area contributed by atoms with Crippen molar-refractivity contribution in [1.29, 1.82) is 0 Å². The summed E-state index contributed by atoms with van der Waals surface area (Å²) in [6, 6.07) is 3.54. The number of aromatic carboxylic acids is 1. The van der Waals surface area contributed by atoms with E-state index in [-0.39, 0.29) is 18.1 Å². The van der Waals surface area contributed by atoms with E-state index in [9.17, 15) is 23.3 Å². The van der Waals surface area contributed by atoms with Gasteiger partial charge >= 0.3 is 5.97 Å². The topological polar surface area (TPSA) is 127 Å². The minimum absolute atomic E-state index is 0.0206. The molecule has 0 fully saturated rings. The molecule has 0 unspecified atom stereocenters. The maximum atomic E-state index is 11.3. The molecule has 0 saturated heterocycles. The molecule has 0 aliphatic rings. The lowest BCUT2D eigenvalue weighted by molar-refractivity contribution is -0.385. The number of carboxylic acids is 1. The zero-order valence-electron chi connectivity index (χ0n) is 10.7. The van der Waals surface area contributed by atoms with E-state index in [2.05, 4.69) is 5.32 Å². The first kappa shape index (κ1) is 15.9. The van der Waals surface area contributed by atoms with Crippen molar-refractivity contribution in [1.82, 2.24) is 0 Å². The molecule has 0 aromatic heterocycles. The van der Waals surface area contributed by atoms with Crippen LogP contribution in [0.25, 0.3) is 0 Å². The second-order valence-corrected chi connectivity index (χ2v) is 6.43. The molecular weight excluding hydrogens is 288 g/mol. The highest BCUT2D eigenvalue weighted by Gasteiger charge is 2.20. The molecule has 110 valence electrons. The minimum atomic E-state index is -3.13. The van der Waals surface area contributed by atoms with Crippen LogP contribution in [0.4, 0.5) is 11.4 Å². The van der Waals surface area contributed by atoms with Gasteiger partial charge in [-0.1, -0.05) is 6.92 Å². The van der Waals surface area contributed by atoms with Crippen molar-refractivity contribution < 1.29 is 23.2 Å². The highest BCUT2D eigenvalue weighted by atomic mass is 32.2. The normalized spacial score (nSPS) is 11.1. The highest BCUT2D eigenvalue weighted by Crippen LogP contribution is 2.23. The second-order valence-electron chi connectivity index (χ2n) is 3.96. The van der Waals surface area contributed by atoms with Gasteiger partial charge in [0.25, 0.3) is 5.69 Å². The third-order valence-corrected chi connectivity index (χ3v) is 4.31. The number of sulfone groups is 1. The Hall–Kier alpha value is -2.16. The van der Waals surface area contributed by atoms with Crippen LogP contribution in [0.5, 0.6) is 0 Å². The van der Waals surface area contributed by atoms with E-state index in [0.29, 0.717) is 5.69 Å². The van der Waals surface area contributed by atoms with Crippen molar-refractivity contribution in [2.75, 3.05) is 23.4 Å². The smallest absolute Gasteiger partial charge is 0.342 e. The maximum Gasteiger partial charge on any atom is 0.342 e. The van der Waals surface area contributed by atoms with Crippen molar-refractivity contribution in [2.45, 2.75) is 6.92 Å². The van der Waals surface area contributed by atoms with Crippen LogP contribution in [0, 0.1) is 10.1 Å². The van der Waals surface area contributed by atoms with Crippen LogP contribution in [0.2, 0.25) is 0 Å². The number of nitrogens with zero attached hydrogens (tertiary/aromatic N) is 1. The van der Waals surface area contributed by atoms with E-state index in [1.807, 2.05) is 0 Å². The Kier molecular flexibility index (Phi) is 5.03. The van der Waals surface area contributed by atoms with Gasteiger partial charge in [0.1, 0.15) is 5.56 Å². The fraction of sp³-hybridized carbons (Fsp3) is 0.364. The van der Waals surface area contributed by atoms with E-state index in [4.69, 9.17) is 5.11 Å². The molecular formula is C11H14N2O6S. The number of carboxylic acid groups (broad SMARTS) is 1. The predicted octanol–water partition coefficient (Wildman–Crippen LogP) is 1.14. The van der Waals surface area contributed by atoms with Crippen LogP contribution in [0.15, 0.2) is 18.2 Å². The van der Waals surface area contributed by atoms with Gasteiger partial charge in [-0.25, -0.2) is 13.2 Å². The summed E-state index contributed by atoms with van der Waals surface area (Å²) in [5, 5.41) is 22.3.